The third kappa shape index (κ3) is 5.89. The van der Waals surface area contributed by atoms with Crippen molar-refractivity contribution in [2.45, 2.75) is 45.0 Å². The van der Waals surface area contributed by atoms with Gasteiger partial charge < -0.3 is 19.1 Å². The van der Waals surface area contributed by atoms with Crippen LogP contribution < -0.4 is 9.47 Å². The number of carbonyl (C=O) groups excluding carboxylic acids is 1. The number of hydrogen-bond donors (Lipinski definition) is 1. The smallest absolute Gasteiger partial charge is 0.191 e. The van der Waals surface area contributed by atoms with Crippen LogP contribution in [0.3, 0.4) is 0 Å². The summed E-state index contributed by atoms with van der Waals surface area (Å²) in [6, 6.07) is 13.2. The Morgan fingerprint density at radius 3 is 2.69 bits per heavy atom. The zero-order valence-corrected chi connectivity index (χ0v) is 19.7. The number of aryl methyl sites for hydroxylation is 1. The first kappa shape index (κ1) is 23.8. The summed E-state index contributed by atoms with van der Waals surface area (Å²) in [7, 11) is 1.52. The number of Topliss-reactive ketones (excluding diaryl/α,β-unsaturated/α-hetero) is 1. The van der Waals surface area contributed by atoms with E-state index >= 15 is 0 Å². The highest BCUT2D eigenvalue weighted by Crippen LogP contribution is 2.29. The molecule has 0 aliphatic rings. The van der Waals surface area contributed by atoms with Gasteiger partial charge in [0.05, 0.1) is 13.2 Å². The maximum atomic E-state index is 11.5. The molecule has 1 N–H and O–H groups in total. The average molecular weight is 456 g/mol. The van der Waals surface area contributed by atoms with Crippen molar-refractivity contribution >= 4 is 17.5 Å². The summed E-state index contributed by atoms with van der Waals surface area (Å²) >= 11 is 1.45. The minimum atomic E-state index is -0.716. The van der Waals surface area contributed by atoms with Gasteiger partial charge in [0, 0.05) is 23.4 Å². The van der Waals surface area contributed by atoms with Crippen molar-refractivity contribution in [2.75, 3.05) is 19.5 Å². The summed E-state index contributed by atoms with van der Waals surface area (Å²) in [6.45, 7) is 6.55. The Hall–Kier alpha value is -2.84. The van der Waals surface area contributed by atoms with Gasteiger partial charge in [0.15, 0.2) is 28.3 Å². The molecule has 1 heterocycles. The number of methoxy groups -OCH3 is 1. The van der Waals surface area contributed by atoms with Gasteiger partial charge >= 0.3 is 0 Å². The molecule has 1 atom stereocenters. The van der Waals surface area contributed by atoms with E-state index in [0.29, 0.717) is 22.8 Å². The number of aromatic nitrogens is 3. The zero-order valence-electron chi connectivity index (χ0n) is 18.9. The SMILES string of the molecule is CCCn1c(SCC(O)COc2ccc(C(C)=O)cc2OC)nnc1-c1cccc(C)c1. The Morgan fingerprint density at radius 2 is 2.00 bits per heavy atom. The van der Waals surface area contributed by atoms with Crippen LogP contribution in [0.4, 0.5) is 0 Å². The van der Waals surface area contributed by atoms with Crippen LogP contribution in [-0.2, 0) is 6.54 Å². The predicted octanol–water partition coefficient (Wildman–Crippen LogP) is 4.41. The number of ketones is 1. The van der Waals surface area contributed by atoms with E-state index in [1.807, 2.05) is 12.1 Å². The molecule has 0 radical (unpaired) electrons. The van der Waals surface area contributed by atoms with Gasteiger partial charge in [-0.15, -0.1) is 10.2 Å². The largest absolute Gasteiger partial charge is 0.493 e. The van der Waals surface area contributed by atoms with Gasteiger partial charge in [-0.3, -0.25) is 4.79 Å². The molecule has 0 amide bonds. The van der Waals surface area contributed by atoms with E-state index in [-0.39, 0.29) is 12.4 Å². The van der Waals surface area contributed by atoms with Gasteiger partial charge in [0.1, 0.15) is 6.61 Å². The van der Waals surface area contributed by atoms with Crippen molar-refractivity contribution in [2.24, 2.45) is 0 Å². The second-order valence-corrected chi connectivity index (χ2v) is 8.51. The Balaban J connectivity index is 1.64. The lowest BCUT2D eigenvalue weighted by molar-refractivity contribution is 0.101. The van der Waals surface area contributed by atoms with Crippen LogP contribution >= 0.6 is 11.8 Å². The molecular weight excluding hydrogens is 426 g/mol. The number of benzene rings is 2. The lowest BCUT2D eigenvalue weighted by atomic mass is 10.1. The molecule has 0 spiro atoms. The van der Waals surface area contributed by atoms with E-state index in [1.54, 1.807) is 18.2 Å². The standard InChI is InChI=1S/C24H29N3O4S/c1-5-11-27-23(19-8-6-7-16(2)12-19)25-26-24(27)32-15-20(29)14-31-21-10-9-18(17(3)28)13-22(21)30-4/h6-10,12-13,20,29H,5,11,14-15H2,1-4H3. The average Bonchev–Trinajstić information content (AvgIpc) is 3.18. The summed E-state index contributed by atoms with van der Waals surface area (Å²) in [5.74, 6) is 2.14. The second kappa shape index (κ2) is 11.2. The summed E-state index contributed by atoms with van der Waals surface area (Å²) in [5, 5.41) is 20.0. The topological polar surface area (TPSA) is 86.5 Å². The van der Waals surface area contributed by atoms with Crippen molar-refractivity contribution < 1.29 is 19.4 Å². The lowest BCUT2D eigenvalue weighted by Crippen LogP contribution is -2.20. The first-order valence-corrected chi connectivity index (χ1v) is 11.5. The molecule has 0 bridgehead atoms. The van der Waals surface area contributed by atoms with Crippen molar-refractivity contribution in [3.63, 3.8) is 0 Å². The Labute approximate surface area is 192 Å². The number of aliphatic hydroxyl groups is 1. The number of thioether (sulfide) groups is 1. The Kier molecular flexibility index (Phi) is 8.30. The molecule has 0 saturated heterocycles. The minimum absolute atomic E-state index is 0.0486. The number of aliphatic hydroxyl groups excluding tert-OH is 1. The number of rotatable bonds is 11. The molecule has 0 saturated carbocycles. The highest BCUT2D eigenvalue weighted by molar-refractivity contribution is 7.99. The number of nitrogens with zero attached hydrogens (tertiary/aromatic N) is 3. The molecule has 170 valence electrons. The summed E-state index contributed by atoms with van der Waals surface area (Å²) in [4.78, 5) is 11.5. The minimum Gasteiger partial charge on any atom is -0.493 e. The monoisotopic (exact) mass is 455 g/mol. The summed E-state index contributed by atoms with van der Waals surface area (Å²) in [6.07, 6.45) is 0.234. The number of hydrogen-bond acceptors (Lipinski definition) is 7. The van der Waals surface area contributed by atoms with Crippen LogP contribution in [0.2, 0.25) is 0 Å². The van der Waals surface area contributed by atoms with Gasteiger partial charge in [-0.2, -0.15) is 0 Å². The zero-order chi connectivity index (χ0) is 23.1. The molecule has 0 fully saturated rings. The molecular formula is C24H29N3O4S. The molecule has 7 nitrogen and oxygen atoms in total. The highest BCUT2D eigenvalue weighted by atomic mass is 32.2. The van der Waals surface area contributed by atoms with Gasteiger partial charge in [-0.1, -0.05) is 42.4 Å². The quantitative estimate of drug-likeness (QED) is 0.339. The first-order chi connectivity index (χ1) is 15.4. The number of ether oxygens (including phenoxy) is 2. The molecule has 3 rings (SSSR count). The van der Waals surface area contributed by atoms with Crippen LogP contribution in [0.25, 0.3) is 11.4 Å². The molecule has 8 heteroatoms. The maximum Gasteiger partial charge on any atom is 0.191 e. The molecule has 2 aromatic carbocycles. The summed E-state index contributed by atoms with van der Waals surface area (Å²) in [5.41, 5.74) is 2.75. The first-order valence-electron chi connectivity index (χ1n) is 10.6. The second-order valence-electron chi connectivity index (χ2n) is 7.52. The fraction of sp³-hybridized carbons (Fsp3) is 0.375. The van der Waals surface area contributed by atoms with Crippen LogP contribution in [0.1, 0.15) is 36.2 Å². The van der Waals surface area contributed by atoms with E-state index < -0.39 is 6.10 Å². The van der Waals surface area contributed by atoms with E-state index in [9.17, 15) is 9.90 Å². The van der Waals surface area contributed by atoms with Crippen molar-refractivity contribution in [3.05, 3.63) is 53.6 Å². The van der Waals surface area contributed by atoms with Gasteiger partial charge in [-0.05, 0) is 44.5 Å². The van der Waals surface area contributed by atoms with Crippen LogP contribution in [0.15, 0.2) is 47.6 Å². The molecule has 3 aromatic rings. The van der Waals surface area contributed by atoms with Gasteiger partial charge in [-0.25, -0.2) is 0 Å². The Bertz CT molecular complexity index is 1070. The fourth-order valence-electron chi connectivity index (χ4n) is 3.23. The van der Waals surface area contributed by atoms with Gasteiger partial charge in [0.2, 0.25) is 0 Å². The normalized spacial score (nSPS) is 11.9. The van der Waals surface area contributed by atoms with Crippen molar-refractivity contribution in [1.29, 1.82) is 0 Å². The van der Waals surface area contributed by atoms with Crippen LogP contribution in [0, 0.1) is 6.92 Å². The Morgan fingerprint density at radius 1 is 1.19 bits per heavy atom. The number of carbonyl (C=O) groups is 1. The molecule has 0 aliphatic heterocycles. The molecule has 1 aromatic heterocycles. The fourth-order valence-corrected chi connectivity index (χ4v) is 4.10. The molecule has 32 heavy (non-hydrogen) atoms. The lowest BCUT2D eigenvalue weighted by Gasteiger charge is -2.15. The molecule has 1 unspecified atom stereocenters. The van der Waals surface area contributed by atoms with Crippen molar-refractivity contribution in [1.82, 2.24) is 14.8 Å². The maximum absolute atomic E-state index is 11.5. The van der Waals surface area contributed by atoms with Crippen LogP contribution in [0.5, 0.6) is 11.5 Å². The van der Waals surface area contributed by atoms with E-state index in [2.05, 4.69) is 40.7 Å². The summed E-state index contributed by atoms with van der Waals surface area (Å²) < 4.78 is 13.1. The van der Waals surface area contributed by atoms with Crippen molar-refractivity contribution in [3.8, 4) is 22.9 Å². The predicted molar refractivity (Wildman–Crippen MR) is 126 cm³/mol. The van der Waals surface area contributed by atoms with E-state index in [4.69, 9.17) is 9.47 Å². The third-order valence-corrected chi connectivity index (χ3v) is 5.96. The van der Waals surface area contributed by atoms with E-state index in [0.717, 1.165) is 29.5 Å². The highest BCUT2D eigenvalue weighted by Gasteiger charge is 2.17. The van der Waals surface area contributed by atoms with E-state index in [1.165, 1.54) is 31.4 Å². The van der Waals surface area contributed by atoms with Gasteiger partial charge in [0.25, 0.3) is 0 Å². The molecule has 0 aliphatic carbocycles. The van der Waals surface area contributed by atoms with Crippen LogP contribution in [-0.4, -0.2) is 51.2 Å². The third-order valence-electron chi connectivity index (χ3n) is 4.85.